The Morgan fingerprint density at radius 2 is 2.14 bits per heavy atom. The molecule has 1 atom stereocenters. The summed E-state index contributed by atoms with van der Waals surface area (Å²) in [6.45, 7) is 9.01. The maximum Gasteiger partial charge on any atom is 0.251 e. The molecule has 2 heterocycles. The van der Waals surface area contributed by atoms with Crippen molar-refractivity contribution in [2.75, 3.05) is 32.8 Å². The number of benzene rings is 1. The van der Waals surface area contributed by atoms with Crippen LogP contribution in [0.1, 0.15) is 29.8 Å². The molecule has 28 heavy (non-hydrogen) atoms. The molecule has 1 aliphatic rings. The molecule has 150 valence electrons. The molecule has 6 nitrogen and oxygen atoms in total. The fraction of sp³-hybridized carbons (Fsp3) is 0.455. The van der Waals surface area contributed by atoms with Crippen molar-refractivity contribution in [3.05, 3.63) is 59.9 Å². The van der Waals surface area contributed by atoms with Gasteiger partial charge in [-0.05, 0) is 36.2 Å². The van der Waals surface area contributed by atoms with Crippen molar-refractivity contribution in [2.45, 2.75) is 26.6 Å². The number of aromatic nitrogens is 1. The summed E-state index contributed by atoms with van der Waals surface area (Å²) in [5.74, 6) is 1.26. The zero-order chi connectivity index (χ0) is 19.8. The molecular weight excluding hydrogens is 354 g/mol. The number of nitrogens with zero attached hydrogens (tertiary/aromatic N) is 2. The third kappa shape index (κ3) is 6.32. The summed E-state index contributed by atoms with van der Waals surface area (Å²) < 4.78 is 11.5. The van der Waals surface area contributed by atoms with Gasteiger partial charge in [-0.3, -0.25) is 14.7 Å². The molecule has 0 bridgehead atoms. The average molecular weight is 383 g/mol. The van der Waals surface area contributed by atoms with Gasteiger partial charge in [-0.1, -0.05) is 19.9 Å². The van der Waals surface area contributed by atoms with Crippen LogP contribution in [0.25, 0.3) is 0 Å². The lowest BCUT2D eigenvalue weighted by molar-refractivity contribution is -0.0295. The van der Waals surface area contributed by atoms with Crippen LogP contribution in [-0.2, 0) is 11.3 Å². The number of hydrogen-bond acceptors (Lipinski definition) is 5. The number of nitrogens with one attached hydrogen (secondary N) is 1. The van der Waals surface area contributed by atoms with Crippen LogP contribution in [0, 0.1) is 5.92 Å². The predicted molar refractivity (Wildman–Crippen MR) is 108 cm³/mol. The van der Waals surface area contributed by atoms with Crippen molar-refractivity contribution in [3.8, 4) is 5.75 Å². The highest BCUT2D eigenvalue weighted by Gasteiger charge is 2.21. The first-order valence-corrected chi connectivity index (χ1v) is 9.84. The van der Waals surface area contributed by atoms with E-state index in [2.05, 4.69) is 29.0 Å². The molecule has 1 N–H and O–H groups in total. The summed E-state index contributed by atoms with van der Waals surface area (Å²) in [5.41, 5.74) is 1.62. The zero-order valence-electron chi connectivity index (χ0n) is 16.6. The highest BCUT2D eigenvalue weighted by atomic mass is 16.5. The molecule has 0 radical (unpaired) electrons. The van der Waals surface area contributed by atoms with Gasteiger partial charge in [0.1, 0.15) is 12.4 Å². The molecule has 0 spiro atoms. The summed E-state index contributed by atoms with van der Waals surface area (Å²) in [5, 5.41) is 2.98. The summed E-state index contributed by atoms with van der Waals surface area (Å²) in [4.78, 5) is 18.9. The zero-order valence-corrected chi connectivity index (χ0v) is 16.6. The topological polar surface area (TPSA) is 63.7 Å². The van der Waals surface area contributed by atoms with Crippen LogP contribution in [0.2, 0.25) is 0 Å². The quantitative estimate of drug-likeness (QED) is 0.759. The largest absolute Gasteiger partial charge is 0.489 e. The number of carbonyl (C=O) groups excluding carboxylic acids is 1. The fourth-order valence-corrected chi connectivity index (χ4v) is 3.25. The Labute approximate surface area is 166 Å². The minimum absolute atomic E-state index is 0.0403. The summed E-state index contributed by atoms with van der Waals surface area (Å²) >= 11 is 0. The van der Waals surface area contributed by atoms with E-state index in [-0.39, 0.29) is 12.0 Å². The second-order valence-electron chi connectivity index (χ2n) is 7.53. The maximum absolute atomic E-state index is 12.4. The number of hydrogen-bond donors (Lipinski definition) is 1. The van der Waals surface area contributed by atoms with E-state index in [4.69, 9.17) is 9.47 Å². The predicted octanol–water partition coefficient (Wildman–Crippen LogP) is 2.75. The Hall–Kier alpha value is -2.44. The Balaban J connectivity index is 1.44. The highest BCUT2D eigenvalue weighted by Crippen LogP contribution is 2.14. The number of ether oxygens (including phenoxy) is 2. The van der Waals surface area contributed by atoms with Crippen LogP contribution in [0.3, 0.4) is 0 Å². The smallest absolute Gasteiger partial charge is 0.251 e. The molecule has 1 aromatic carbocycles. The molecule has 3 rings (SSSR count). The monoisotopic (exact) mass is 383 g/mol. The Morgan fingerprint density at radius 3 is 2.86 bits per heavy atom. The first-order valence-electron chi connectivity index (χ1n) is 9.84. The van der Waals surface area contributed by atoms with Crippen LogP contribution in [0.4, 0.5) is 0 Å². The van der Waals surface area contributed by atoms with Crippen molar-refractivity contribution in [3.63, 3.8) is 0 Å². The van der Waals surface area contributed by atoms with Crippen molar-refractivity contribution < 1.29 is 14.3 Å². The number of rotatable bonds is 8. The van der Waals surface area contributed by atoms with Crippen LogP contribution >= 0.6 is 0 Å². The molecule has 1 fully saturated rings. The van der Waals surface area contributed by atoms with Crippen molar-refractivity contribution in [1.82, 2.24) is 15.2 Å². The first kappa shape index (κ1) is 20.3. The Morgan fingerprint density at radius 1 is 1.32 bits per heavy atom. The van der Waals surface area contributed by atoms with Crippen LogP contribution < -0.4 is 10.1 Å². The molecule has 1 unspecified atom stereocenters. The fourth-order valence-electron chi connectivity index (χ4n) is 3.25. The summed E-state index contributed by atoms with van der Waals surface area (Å²) in [6, 6.07) is 11.0. The highest BCUT2D eigenvalue weighted by molar-refractivity contribution is 5.94. The van der Waals surface area contributed by atoms with E-state index in [1.807, 2.05) is 24.3 Å². The number of amides is 1. The molecule has 0 saturated carbocycles. The van der Waals surface area contributed by atoms with Gasteiger partial charge < -0.3 is 14.8 Å². The van der Waals surface area contributed by atoms with Gasteiger partial charge in [0.25, 0.3) is 5.91 Å². The SMILES string of the molecule is CC(C)CN1CCOC(CNC(=O)c2ccc(OCc3cccnc3)cc2)C1. The minimum Gasteiger partial charge on any atom is -0.489 e. The standard InChI is InChI=1S/C22H29N3O3/c1-17(2)14-25-10-11-27-21(15-25)13-24-22(26)19-5-7-20(8-6-19)28-16-18-4-3-9-23-12-18/h3-9,12,17,21H,10-11,13-16H2,1-2H3,(H,24,26). The van der Waals surface area contributed by atoms with E-state index < -0.39 is 0 Å². The summed E-state index contributed by atoms with van der Waals surface area (Å²) in [6.07, 6.45) is 3.55. The molecule has 2 aromatic rings. The average Bonchev–Trinajstić information content (AvgIpc) is 2.71. The molecule has 1 saturated heterocycles. The van der Waals surface area contributed by atoms with Gasteiger partial charge in [0.05, 0.1) is 12.7 Å². The van der Waals surface area contributed by atoms with Gasteiger partial charge >= 0.3 is 0 Å². The van der Waals surface area contributed by atoms with Crippen LogP contribution in [-0.4, -0.2) is 54.7 Å². The molecule has 1 aliphatic heterocycles. The number of morpholine rings is 1. The van der Waals surface area contributed by atoms with Gasteiger partial charge in [0.2, 0.25) is 0 Å². The third-order valence-electron chi connectivity index (χ3n) is 4.58. The minimum atomic E-state index is -0.0941. The molecule has 1 aromatic heterocycles. The van der Waals surface area contributed by atoms with Crippen LogP contribution in [0.15, 0.2) is 48.8 Å². The lowest BCUT2D eigenvalue weighted by Crippen LogP contribution is -2.48. The summed E-state index contributed by atoms with van der Waals surface area (Å²) in [7, 11) is 0. The number of pyridine rings is 1. The normalized spacial score (nSPS) is 17.5. The van der Waals surface area contributed by atoms with Crippen molar-refractivity contribution >= 4 is 5.91 Å². The molecule has 0 aliphatic carbocycles. The first-order chi connectivity index (χ1) is 13.6. The maximum atomic E-state index is 12.4. The van der Waals surface area contributed by atoms with Crippen molar-refractivity contribution in [1.29, 1.82) is 0 Å². The Kier molecular flexibility index (Phi) is 7.39. The lowest BCUT2D eigenvalue weighted by Gasteiger charge is -2.33. The van der Waals surface area contributed by atoms with E-state index in [0.717, 1.165) is 37.6 Å². The van der Waals surface area contributed by atoms with Gasteiger partial charge in [-0.15, -0.1) is 0 Å². The third-order valence-corrected chi connectivity index (χ3v) is 4.58. The van der Waals surface area contributed by atoms with Gasteiger partial charge in [-0.2, -0.15) is 0 Å². The second kappa shape index (κ2) is 10.2. The lowest BCUT2D eigenvalue weighted by atomic mass is 10.1. The van der Waals surface area contributed by atoms with E-state index in [0.29, 0.717) is 24.6 Å². The van der Waals surface area contributed by atoms with Crippen LogP contribution in [0.5, 0.6) is 5.75 Å². The second-order valence-corrected chi connectivity index (χ2v) is 7.53. The van der Waals surface area contributed by atoms with E-state index in [1.165, 1.54) is 0 Å². The van der Waals surface area contributed by atoms with Gasteiger partial charge in [0, 0.05) is 49.7 Å². The number of carbonyl (C=O) groups is 1. The van der Waals surface area contributed by atoms with E-state index >= 15 is 0 Å². The Bertz CT molecular complexity index is 734. The molecule has 1 amide bonds. The van der Waals surface area contributed by atoms with Crippen molar-refractivity contribution in [2.24, 2.45) is 5.92 Å². The molecule has 6 heteroatoms. The van der Waals surface area contributed by atoms with E-state index in [1.54, 1.807) is 24.5 Å². The van der Waals surface area contributed by atoms with Gasteiger partial charge in [0.15, 0.2) is 0 Å². The van der Waals surface area contributed by atoms with Gasteiger partial charge in [-0.25, -0.2) is 0 Å². The molecular formula is C22H29N3O3. The van der Waals surface area contributed by atoms with E-state index in [9.17, 15) is 4.79 Å².